The Morgan fingerprint density at radius 3 is 1.72 bits per heavy atom. The second-order valence-corrected chi connectivity index (χ2v) is 14.0. The summed E-state index contributed by atoms with van der Waals surface area (Å²) in [6.45, 7) is 5.93. The number of nitrogens with zero attached hydrogens (tertiary/aromatic N) is 4. The molecular formula is C53H38N4O. The van der Waals surface area contributed by atoms with Crippen LogP contribution in [0.3, 0.4) is 0 Å². The first kappa shape index (κ1) is 35.9. The van der Waals surface area contributed by atoms with Crippen molar-refractivity contribution in [3.8, 4) is 62.1 Å². The van der Waals surface area contributed by atoms with Gasteiger partial charge in [-0.25, -0.2) is 15.0 Å². The molecule has 0 aliphatic heterocycles. The molecule has 0 N–H and O–H groups in total. The van der Waals surface area contributed by atoms with Gasteiger partial charge in [-0.1, -0.05) is 164 Å². The van der Waals surface area contributed by atoms with Crippen molar-refractivity contribution < 1.29 is 0 Å². The molecule has 9 aromatic rings. The van der Waals surface area contributed by atoms with Gasteiger partial charge in [0.1, 0.15) is 0 Å². The van der Waals surface area contributed by atoms with Gasteiger partial charge in [0.2, 0.25) is 0 Å². The van der Waals surface area contributed by atoms with Crippen LogP contribution in [0.25, 0.3) is 89.4 Å². The molecule has 9 rings (SSSR count). The molecule has 0 unspecified atom stereocenters. The minimum Gasteiger partial charge on any atom is -0.276 e. The molecule has 0 saturated heterocycles. The highest BCUT2D eigenvalue weighted by Gasteiger charge is 2.18. The van der Waals surface area contributed by atoms with Crippen molar-refractivity contribution in [2.75, 3.05) is 0 Å². The number of benzene rings is 7. The van der Waals surface area contributed by atoms with E-state index in [1.807, 2.05) is 133 Å². The van der Waals surface area contributed by atoms with Crippen molar-refractivity contribution in [2.24, 2.45) is 0 Å². The number of aromatic nitrogens is 4. The summed E-state index contributed by atoms with van der Waals surface area (Å²) < 4.78 is 1.82. The van der Waals surface area contributed by atoms with Gasteiger partial charge in [-0.05, 0) is 88.2 Å². The molecule has 5 heteroatoms. The average Bonchev–Trinajstić information content (AvgIpc) is 3.29. The minimum absolute atomic E-state index is 0.0958. The van der Waals surface area contributed by atoms with Gasteiger partial charge < -0.3 is 0 Å². The molecule has 276 valence electrons. The van der Waals surface area contributed by atoms with Gasteiger partial charge in [0.25, 0.3) is 5.56 Å². The number of para-hydroxylation sites is 1. The second-order valence-electron chi connectivity index (χ2n) is 14.0. The smallest absolute Gasteiger partial charge is 0.263 e. The molecule has 0 aliphatic carbocycles. The van der Waals surface area contributed by atoms with Gasteiger partial charge in [0, 0.05) is 33.2 Å². The zero-order valence-electron chi connectivity index (χ0n) is 32.0. The van der Waals surface area contributed by atoms with Crippen LogP contribution in [-0.4, -0.2) is 19.5 Å². The lowest BCUT2D eigenvalue weighted by Crippen LogP contribution is -2.19. The Kier molecular flexibility index (Phi) is 9.76. The zero-order valence-corrected chi connectivity index (χ0v) is 32.0. The van der Waals surface area contributed by atoms with Crippen LogP contribution < -0.4 is 5.56 Å². The summed E-state index contributed by atoms with van der Waals surface area (Å²) in [7, 11) is 0. The van der Waals surface area contributed by atoms with Crippen molar-refractivity contribution in [3.05, 3.63) is 223 Å². The van der Waals surface area contributed by atoms with Crippen molar-refractivity contribution in [3.63, 3.8) is 0 Å². The van der Waals surface area contributed by atoms with Crippen LogP contribution in [0.2, 0.25) is 0 Å². The summed E-state index contributed by atoms with van der Waals surface area (Å²) in [5.74, 6) is 1.61. The fourth-order valence-electron chi connectivity index (χ4n) is 7.55. The minimum atomic E-state index is -0.0958. The lowest BCUT2D eigenvalue weighted by Gasteiger charge is -2.15. The lowest BCUT2D eigenvalue weighted by molar-refractivity contribution is 1.06. The first-order valence-electron chi connectivity index (χ1n) is 19.3. The number of pyridine rings is 1. The highest BCUT2D eigenvalue weighted by atomic mass is 16.1. The molecule has 0 radical (unpaired) electrons. The number of rotatable bonds is 9. The summed E-state index contributed by atoms with van der Waals surface area (Å²) in [6.07, 6.45) is 7.86. The van der Waals surface area contributed by atoms with Gasteiger partial charge in [-0.2, -0.15) is 0 Å². The predicted molar refractivity (Wildman–Crippen MR) is 241 cm³/mol. The summed E-state index contributed by atoms with van der Waals surface area (Å²) in [6, 6.07) is 59.1. The van der Waals surface area contributed by atoms with Crippen molar-refractivity contribution in [1.82, 2.24) is 19.5 Å². The van der Waals surface area contributed by atoms with Crippen LogP contribution in [-0.2, 0) is 0 Å². The van der Waals surface area contributed by atoms with Crippen LogP contribution >= 0.6 is 0 Å². The van der Waals surface area contributed by atoms with E-state index in [2.05, 4.69) is 79.4 Å². The molecule has 0 atom stereocenters. The topological polar surface area (TPSA) is 60.7 Å². The Balaban J connectivity index is 1.23. The SMILES string of the molecule is C=C/C=C(\C=C/C)c1cccc(-c2nc(-c3cccc(-c4ccccc4)c3)nc(-c3ccc4c(=O)n(-c5cccc(-c6ccccc6)c5)c5ccccc5c4c3)n2)c1. The van der Waals surface area contributed by atoms with Crippen LogP contribution in [0, 0.1) is 0 Å². The van der Waals surface area contributed by atoms with E-state index in [0.29, 0.717) is 22.9 Å². The highest BCUT2D eigenvalue weighted by Crippen LogP contribution is 2.33. The summed E-state index contributed by atoms with van der Waals surface area (Å²) in [4.78, 5) is 29.9. The van der Waals surface area contributed by atoms with E-state index >= 15 is 0 Å². The first-order valence-corrected chi connectivity index (χ1v) is 19.3. The van der Waals surface area contributed by atoms with Crippen LogP contribution in [0.4, 0.5) is 0 Å². The quantitative estimate of drug-likeness (QED) is 0.109. The molecule has 58 heavy (non-hydrogen) atoms. The monoisotopic (exact) mass is 746 g/mol. The Labute approximate surface area is 337 Å². The second kappa shape index (κ2) is 15.8. The molecule has 2 heterocycles. The van der Waals surface area contributed by atoms with E-state index in [0.717, 1.165) is 72.1 Å². The maximum absolute atomic E-state index is 14.6. The third kappa shape index (κ3) is 6.97. The fraction of sp³-hybridized carbons (Fsp3) is 0.0189. The maximum Gasteiger partial charge on any atom is 0.263 e. The Bertz CT molecular complexity index is 3110. The van der Waals surface area contributed by atoms with Gasteiger partial charge in [0.05, 0.1) is 5.52 Å². The largest absolute Gasteiger partial charge is 0.276 e. The number of fused-ring (bicyclic) bond motifs is 3. The van der Waals surface area contributed by atoms with E-state index in [-0.39, 0.29) is 5.56 Å². The fourth-order valence-corrected chi connectivity index (χ4v) is 7.55. The standard InChI is InChI=1S/C53H38N4O/c1-3-16-36(17-4-2)39-22-13-25-42(32-39)50-54-51(43-26-14-23-40(33-43)37-18-7-5-8-19-37)56-52(55-50)44-30-31-47-48(35-44)46-28-11-12-29-49(46)57(53(47)58)45-27-15-24-41(34-45)38-20-9-6-10-21-38/h3-35H,1H2,2H3/b17-4-,36-16+. The van der Waals surface area contributed by atoms with Crippen molar-refractivity contribution >= 4 is 27.2 Å². The van der Waals surface area contributed by atoms with Gasteiger partial charge in [-0.3, -0.25) is 9.36 Å². The molecule has 0 saturated carbocycles. The molecule has 2 aromatic heterocycles. The lowest BCUT2D eigenvalue weighted by atomic mass is 10.0. The zero-order chi connectivity index (χ0) is 39.4. The van der Waals surface area contributed by atoms with Crippen molar-refractivity contribution in [2.45, 2.75) is 6.92 Å². The molecular weight excluding hydrogens is 709 g/mol. The Morgan fingerprint density at radius 2 is 1.05 bits per heavy atom. The molecule has 0 amide bonds. The number of hydrogen-bond acceptors (Lipinski definition) is 4. The molecule has 7 aromatic carbocycles. The normalized spacial score (nSPS) is 11.7. The van der Waals surface area contributed by atoms with Crippen molar-refractivity contribution in [1.29, 1.82) is 0 Å². The highest BCUT2D eigenvalue weighted by molar-refractivity contribution is 6.07. The third-order valence-corrected chi connectivity index (χ3v) is 10.3. The Morgan fingerprint density at radius 1 is 0.500 bits per heavy atom. The van der Waals surface area contributed by atoms with E-state index in [4.69, 9.17) is 15.0 Å². The van der Waals surface area contributed by atoms with Gasteiger partial charge in [-0.15, -0.1) is 0 Å². The van der Waals surface area contributed by atoms with Crippen LogP contribution in [0.5, 0.6) is 0 Å². The summed E-state index contributed by atoms with van der Waals surface area (Å²) in [5, 5.41) is 2.39. The molecule has 0 spiro atoms. The maximum atomic E-state index is 14.6. The van der Waals surface area contributed by atoms with E-state index < -0.39 is 0 Å². The van der Waals surface area contributed by atoms with Gasteiger partial charge >= 0.3 is 0 Å². The summed E-state index contributed by atoms with van der Waals surface area (Å²) in [5.41, 5.74) is 10.4. The Hall–Kier alpha value is -7.76. The molecule has 0 fully saturated rings. The van der Waals surface area contributed by atoms with E-state index in [9.17, 15) is 4.79 Å². The van der Waals surface area contributed by atoms with Crippen LogP contribution in [0.15, 0.2) is 212 Å². The molecule has 0 aliphatic rings. The van der Waals surface area contributed by atoms with Gasteiger partial charge in [0.15, 0.2) is 17.5 Å². The first-order chi connectivity index (χ1) is 28.6. The number of allylic oxidation sites excluding steroid dienone is 5. The molecule has 0 bridgehead atoms. The molecule has 5 nitrogen and oxygen atoms in total. The average molecular weight is 747 g/mol. The van der Waals surface area contributed by atoms with E-state index in [1.165, 1.54) is 0 Å². The third-order valence-electron chi connectivity index (χ3n) is 10.3. The van der Waals surface area contributed by atoms with Crippen LogP contribution in [0.1, 0.15) is 12.5 Å². The predicted octanol–water partition coefficient (Wildman–Crippen LogP) is 12.8. The van der Waals surface area contributed by atoms with E-state index in [1.54, 1.807) is 6.08 Å². The summed E-state index contributed by atoms with van der Waals surface area (Å²) >= 11 is 0. The number of hydrogen-bond donors (Lipinski definition) is 0.